The predicted molar refractivity (Wildman–Crippen MR) is 161 cm³/mol. The summed E-state index contributed by atoms with van der Waals surface area (Å²) in [5, 5.41) is 0.327. The summed E-state index contributed by atoms with van der Waals surface area (Å²) in [7, 11) is 0. The Morgan fingerprint density at radius 2 is 1.93 bits per heavy atom. The van der Waals surface area contributed by atoms with Crippen molar-refractivity contribution in [2.75, 3.05) is 6.61 Å². The average Bonchev–Trinajstić information content (AvgIpc) is 3.22. The summed E-state index contributed by atoms with van der Waals surface area (Å²) in [5.41, 5.74) is 3.73. The van der Waals surface area contributed by atoms with Crippen LogP contribution >= 0.6 is 38.9 Å². The van der Waals surface area contributed by atoms with E-state index in [4.69, 9.17) is 21.1 Å². The van der Waals surface area contributed by atoms with Crippen LogP contribution in [0.3, 0.4) is 0 Å². The van der Waals surface area contributed by atoms with E-state index in [1.165, 1.54) is 23.5 Å². The number of fused-ring (bicyclic) bond motifs is 1. The third-order valence-electron chi connectivity index (χ3n) is 6.50. The molecule has 1 atom stereocenters. The van der Waals surface area contributed by atoms with Gasteiger partial charge in [-0.3, -0.25) is 9.36 Å². The number of benzene rings is 3. The van der Waals surface area contributed by atoms with E-state index in [-0.39, 0.29) is 24.6 Å². The van der Waals surface area contributed by atoms with Crippen molar-refractivity contribution in [3.63, 3.8) is 0 Å². The van der Waals surface area contributed by atoms with Crippen LogP contribution < -0.4 is 19.6 Å². The molecule has 0 bridgehead atoms. The zero-order valence-electron chi connectivity index (χ0n) is 22.4. The van der Waals surface area contributed by atoms with Crippen LogP contribution in [-0.4, -0.2) is 17.1 Å². The smallest absolute Gasteiger partial charge is 0.338 e. The summed E-state index contributed by atoms with van der Waals surface area (Å²) in [4.78, 5) is 32.0. The summed E-state index contributed by atoms with van der Waals surface area (Å²) in [6.45, 7) is 5.81. The molecule has 4 aromatic rings. The Hall–Kier alpha value is -3.53. The number of allylic oxidation sites excluding steroid dienone is 1. The first-order valence-electron chi connectivity index (χ1n) is 12.8. The van der Waals surface area contributed by atoms with E-state index in [2.05, 4.69) is 20.9 Å². The Labute approximate surface area is 253 Å². The molecule has 0 amide bonds. The molecule has 5 rings (SSSR count). The van der Waals surface area contributed by atoms with Crippen LogP contribution in [0.4, 0.5) is 4.39 Å². The van der Waals surface area contributed by atoms with Crippen LogP contribution in [-0.2, 0) is 16.1 Å². The number of carbonyl (C=O) groups excluding carboxylic acids is 1. The van der Waals surface area contributed by atoms with Crippen LogP contribution in [0, 0.1) is 12.7 Å². The second-order valence-corrected chi connectivity index (χ2v) is 11.7. The lowest BCUT2D eigenvalue weighted by molar-refractivity contribution is -0.139. The summed E-state index contributed by atoms with van der Waals surface area (Å²) in [6, 6.07) is 16.7. The van der Waals surface area contributed by atoms with Crippen molar-refractivity contribution < 1.29 is 18.7 Å². The van der Waals surface area contributed by atoms with Gasteiger partial charge in [0.05, 0.1) is 37.9 Å². The van der Waals surface area contributed by atoms with Crippen molar-refractivity contribution in [3.8, 4) is 5.75 Å². The molecule has 210 valence electrons. The lowest BCUT2D eigenvalue weighted by Crippen LogP contribution is -2.39. The number of hydrogen-bond donors (Lipinski definition) is 0. The molecular formula is C31H25BrClFN2O4S. The highest BCUT2D eigenvalue weighted by Gasteiger charge is 2.33. The molecule has 0 saturated heterocycles. The number of halogens is 3. The van der Waals surface area contributed by atoms with Gasteiger partial charge >= 0.3 is 5.97 Å². The maximum absolute atomic E-state index is 13.8. The molecule has 0 spiro atoms. The molecule has 2 heterocycles. The van der Waals surface area contributed by atoms with E-state index in [1.54, 1.807) is 48.8 Å². The highest BCUT2D eigenvalue weighted by molar-refractivity contribution is 9.10. The van der Waals surface area contributed by atoms with Gasteiger partial charge in [0.15, 0.2) is 10.6 Å². The Balaban J connectivity index is 1.55. The number of rotatable bonds is 7. The van der Waals surface area contributed by atoms with Gasteiger partial charge in [0.2, 0.25) is 0 Å². The van der Waals surface area contributed by atoms with Crippen LogP contribution in [0.25, 0.3) is 6.08 Å². The summed E-state index contributed by atoms with van der Waals surface area (Å²) in [5.74, 6) is -0.441. The highest BCUT2D eigenvalue weighted by atomic mass is 79.9. The fourth-order valence-corrected chi connectivity index (χ4v) is 6.63. The van der Waals surface area contributed by atoms with E-state index >= 15 is 0 Å². The number of esters is 1. The second kappa shape index (κ2) is 12.1. The Morgan fingerprint density at radius 3 is 2.61 bits per heavy atom. The molecule has 0 radical (unpaired) electrons. The van der Waals surface area contributed by atoms with Crippen molar-refractivity contribution in [1.29, 1.82) is 0 Å². The molecule has 6 nitrogen and oxygen atoms in total. The van der Waals surface area contributed by atoms with Gasteiger partial charge in [0.25, 0.3) is 5.56 Å². The fraction of sp³-hybridized carbons (Fsp3) is 0.194. The molecule has 1 aromatic heterocycles. The monoisotopic (exact) mass is 654 g/mol. The molecule has 0 N–H and O–H groups in total. The summed E-state index contributed by atoms with van der Waals surface area (Å²) >= 11 is 11.3. The average molecular weight is 656 g/mol. The zero-order chi connectivity index (χ0) is 29.3. The van der Waals surface area contributed by atoms with Gasteiger partial charge < -0.3 is 9.47 Å². The van der Waals surface area contributed by atoms with Gasteiger partial charge in [0, 0.05) is 0 Å². The number of ether oxygens (including phenoxy) is 2. The minimum atomic E-state index is -0.679. The maximum Gasteiger partial charge on any atom is 0.338 e. The molecule has 3 aromatic carbocycles. The molecule has 0 fully saturated rings. The molecular weight excluding hydrogens is 631 g/mol. The number of aryl methyl sites for hydroxylation is 1. The van der Waals surface area contributed by atoms with Crippen molar-refractivity contribution in [1.82, 2.24) is 4.57 Å². The topological polar surface area (TPSA) is 69.9 Å². The summed E-state index contributed by atoms with van der Waals surface area (Å²) < 4.78 is 27.3. The number of hydrogen-bond acceptors (Lipinski definition) is 6. The maximum atomic E-state index is 13.8. The first-order chi connectivity index (χ1) is 19.7. The molecule has 0 saturated carbocycles. The molecule has 0 unspecified atom stereocenters. The lowest BCUT2D eigenvalue weighted by atomic mass is 9.95. The lowest BCUT2D eigenvalue weighted by Gasteiger charge is -2.24. The Kier molecular flexibility index (Phi) is 8.58. The molecule has 10 heteroatoms. The number of carbonyl (C=O) groups is 1. The minimum absolute atomic E-state index is 0.134. The fourth-order valence-electron chi connectivity index (χ4n) is 4.59. The minimum Gasteiger partial charge on any atom is -0.486 e. The van der Waals surface area contributed by atoms with Crippen molar-refractivity contribution in [2.24, 2.45) is 4.99 Å². The first-order valence-corrected chi connectivity index (χ1v) is 14.8. The van der Waals surface area contributed by atoms with Gasteiger partial charge in [-0.15, -0.1) is 0 Å². The van der Waals surface area contributed by atoms with Gasteiger partial charge in [-0.1, -0.05) is 64.9 Å². The van der Waals surface area contributed by atoms with Crippen molar-refractivity contribution in [3.05, 3.63) is 129 Å². The molecule has 0 aliphatic carbocycles. The predicted octanol–water partition coefficient (Wildman–Crippen LogP) is 6.24. The normalized spacial score (nSPS) is 15.0. The van der Waals surface area contributed by atoms with E-state index in [0.717, 1.165) is 11.1 Å². The van der Waals surface area contributed by atoms with Crippen LogP contribution in [0.1, 0.15) is 42.1 Å². The summed E-state index contributed by atoms with van der Waals surface area (Å²) in [6.07, 6.45) is 1.73. The Bertz CT molecular complexity index is 1840. The van der Waals surface area contributed by atoms with Crippen LogP contribution in [0.5, 0.6) is 5.75 Å². The van der Waals surface area contributed by atoms with Crippen LogP contribution in [0.2, 0.25) is 5.02 Å². The molecule has 1 aliphatic heterocycles. The van der Waals surface area contributed by atoms with Gasteiger partial charge in [-0.2, -0.15) is 0 Å². The van der Waals surface area contributed by atoms with E-state index in [0.29, 0.717) is 47.0 Å². The zero-order valence-corrected chi connectivity index (χ0v) is 25.6. The third kappa shape index (κ3) is 6.07. The van der Waals surface area contributed by atoms with Crippen molar-refractivity contribution >= 4 is 50.9 Å². The van der Waals surface area contributed by atoms with E-state index in [9.17, 15) is 14.0 Å². The Morgan fingerprint density at radius 1 is 1.17 bits per heavy atom. The van der Waals surface area contributed by atoms with E-state index in [1.807, 2.05) is 31.2 Å². The van der Waals surface area contributed by atoms with Gasteiger partial charge in [-0.05, 0) is 83.7 Å². The SMILES string of the molecule is CCOC(=O)C1=C(C)N=c2s/c(=C/c3cc(Cl)c(OCc4cccc(F)c4)c(Br)c3)c(=O)n2[C@@H]1c1ccc(C)cc1. The quantitative estimate of drug-likeness (QED) is 0.221. The number of nitrogens with zero attached hydrogens (tertiary/aromatic N) is 2. The van der Waals surface area contributed by atoms with E-state index < -0.39 is 12.0 Å². The number of thiazole rings is 1. The second-order valence-electron chi connectivity index (χ2n) is 9.45. The molecule has 41 heavy (non-hydrogen) atoms. The van der Waals surface area contributed by atoms with Crippen LogP contribution in [0.15, 0.2) is 86.2 Å². The third-order valence-corrected chi connectivity index (χ3v) is 8.35. The highest BCUT2D eigenvalue weighted by Crippen LogP contribution is 2.35. The standard InChI is InChI=1S/C31H25BrClFN2O4S/c1-4-39-30(38)26-18(3)35-31-36(27(26)21-10-8-17(2)9-11-21)29(37)25(41-31)15-20-13-23(32)28(24(33)14-20)40-16-19-6-5-7-22(34)12-19/h5-15,27H,4,16H2,1-3H3/b25-15+/t27-/m1/s1. The number of aromatic nitrogens is 1. The largest absolute Gasteiger partial charge is 0.486 e. The first kappa shape index (κ1) is 29.0. The van der Waals surface area contributed by atoms with Gasteiger partial charge in [0.1, 0.15) is 12.4 Å². The van der Waals surface area contributed by atoms with Crippen molar-refractivity contribution in [2.45, 2.75) is 33.4 Å². The molecule has 1 aliphatic rings. The van der Waals surface area contributed by atoms with Gasteiger partial charge in [-0.25, -0.2) is 14.2 Å².